The number of amides is 1. The van der Waals surface area contributed by atoms with Crippen molar-refractivity contribution in [3.63, 3.8) is 0 Å². The Kier molecular flexibility index (Phi) is 4.74. The monoisotopic (exact) mass is 325 g/mol. The van der Waals surface area contributed by atoms with Crippen LogP contribution >= 0.6 is 0 Å². The summed E-state index contributed by atoms with van der Waals surface area (Å²) in [5, 5.41) is 7.44. The Morgan fingerprint density at radius 2 is 2.00 bits per heavy atom. The van der Waals surface area contributed by atoms with Gasteiger partial charge in [-0.05, 0) is 46.5 Å². The molecule has 0 radical (unpaired) electrons. The van der Waals surface area contributed by atoms with Crippen LogP contribution in [-0.2, 0) is 4.79 Å². The fraction of sp³-hybridized carbons (Fsp3) is 0.444. The molecule has 1 aliphatic rings. The summed E-state index contributed by atoms with van der Waals surface area (Å²) in [7, 11) is 0. The van der Waals surface area contributed by atoms with Gasteiger partial charge in [0, 0.05) is 24.2 Å². The van der Waals surface area contributed by atoms with Gasteiger partial charge in [-0.15, -0.1) is 0 Å². The fourth-order valence-corrected chi connectivity index (χ4v) is 3.03. The lowest BCUT2D eigenvalue weighted by Gasteiger charge is -2.13. The summed E-state index contributed by atoms with van der Waals surface area (Å²) in [6, 6.07) is 3.72. The molecule has 0 aromatic carbocycles. The van der Waals surface area contributed by atoms with E-state index in [0.717, 1.165) is 24.2 Å². The maximum atomic E-state index is 12.4. The predicted octanol–water partition coefficient (Wildman–Crippen LogP) is 3.42. The summed E-state index contributed by atoms with van der Waals surface area (Å²) in [6.07, 6.45) is 7.16. The van der Waals surface area contributed by atoms with Crippen LogP contribution in [0.3, 0.4) is 0 Å². The van der Waals surface area contributed by atoms with E-state index in [0.29, 0.717) is 23.9 Å². The highest BCUT2D eigenvalue weighted by Crippen LogP contribution is 2.21. The van der Waals surface area contributed by atoms with E-state index in [4.69, 9.17) is 0 Å². The zero-order valence-corrected chi connectivity index (χ0v) is 14.5. The van der Waals surface area contributed by atoms with Crippen molar-refractivity contribution in [1.29, 1.82) is 0 Å². The number of nitrogens with one attached hydrogen (secondary N) is 1. The summed E-state index contributed by atoms with van der Waals surface area (Å²) < 4.78 is 1.67. The second-order valence-corrected chi connectivity index (χ2v) is 6.33. The van der Waals surface area contributed by atoms with Crippen molar-refractivity contribution < 1.29 is 4.79 Å². The lowest BCUT2D eigenvalue weighted by Crippen LogP contribution is -2.16. The molecule has 1 amide bonds. The van der Waals surface area contributed by atoms with Crippen LogP contribution in [-0.4, -0.2) is 25.7 Å². The fourth-order valence-electron chi connectivity index (χ4n) is 3.03. The number of carbonyl (C=O) groups is 1. The molecule has 0 spiro atoms. The summed E-state index contributed by atoms with van der Waals surface area (Å²) in [5.41, 5.74) is 2.93. The lowest BCUT2D eigenvalue weighted by atomic mass is 9.97. The molecule has 126 valence electrons. The number of anilines is 1. The first-order chi connectivity index (χ1) is 11.5. The normalized spacial score (nSPS) is 14.4. The van der Waals surface area contributed by atoms with E-state index in [1.54, 1.807) is 4.68 Å². The molecule has 6 heteroatoms. The maximum absolute atomic E-state index is 12.4. The van der Waals surface area contributed by atoms with Crippen molar-refractivity contribution in [3.05, 3.63) is 41.0 Å². The summed E-state index contributed by atoms with van der Waals surface area (Å²) in [6.45, 7) is 5.67. The first kappa shape index (κ1) is 16.4. The Hall–Kier alpha value is -2.50. The molecule has 0 fully saturated rings. The van der Waals surface area contributed by atoms with Crippen LogP contribution in [0.1, 0.15) is 49.3 Å². The Morgan fingerprint density at radius 3 is 2.71 bits per heavy atom. The first-order valence-electron chi connectivity index (χ1n) is 8.38. The second-order valence-electron chi connectivity index (χ2n) is 6.33. The van der Waals surface area contributed by atoms with Gasteiger partial charge in [0.1, 0.15) is 11.6 Å². The number of allylic oxidation sites excluding steroid dienone is 1. The highest BCUT2D eigenvalue weighted by Gasteiger charge is 2.14. The quantitative estimate of drug-likeness (QED) is 0.874. The van der Waals surface area contributed by atoms with Crippen LogP contribution in [0.25, 0.3) is 5.82 Å². The predicted molar refractivity (Wildman–Crippen MR) is 93.2 cm³/mol. The molecule has 2 aromatic heterocycles. The Labute approximate surface area is 142 Å². The molecule has 0 unspecified atom stereocenters. The highest BCUT2D eigenvalue weighted by molar-refractivity contribution is 5.91. The number of hydrogen-bond donors (Lipinski definition) is 1. The molecule has 1 aliphatic carbocycles. The van der Waals surface area contributed by atoms with Crippen LogP contribution in [0.5, 0.6) is 0 Å². The number of nitrogens with zero attached hydrogens (tertiary/aromatic N) is 4. The number of aromatic nitrogens is 4. The molecule has 0 saturated carbocycles. The van der Waals surface area contributed by atoms with Crippen molar-refractivity contribution in [2.75, 3.05) is 5.32 Å². The second kappa shape index (κ2) is 6.95. The number of carbonyl (C=O) groups excluding carboxylic acids is 1. The first-order valence-corrected chi connectivity index (χ1v) is 8.38. The van der Waals surface area contributed by atoms with Crippen molar-refractivity contribution in [1.82, 2.24) is 19.7 Å². The van der Waals surface area contributed by atoms with Gasteiger partial charge in [-0.3, -0.25) is 4.79 Å². The largest absolute Gasteiger partial charge is 0.310 e. The zero-order valence-electron chi connectivity index (χ0n) is 14.5. The Bertz CT molecular complexity index is 770. The summed E-state index contributed by atoms with van der Waals surface area (Å²) in [4.78, 5) is 21.1. The molecule has 3 rings (SSSR count). The van der Waals surface area contributed by atoms with Crippen molar-refractivity contribution in [2.45, 2.75) is 52.9 Å². The molecular weight excluding hydrogens is 302 g/mol. The van der Waals surface area contributed by atoms with Gasteiger partial charge in [0.2, 0.25) is 5.91 Å². The van der Waals surface area contributed by atoms with Gasteiger partial charge in [0.25, 0.3) is 0 Å². The molecule has 2 heterocycles. The van der Waals surface area contributed by atoms with Crippen molar-refractivity contribution >= 4 is 11.7 Å². The van der Waals surface area contributed by atoms with Crippen LogP contribution in [0, 0.1) is 20.8 Å². The highest BCUT2D eigenvalue weighted by atomic mass is 16.1. The van der Waals surface area contributed by atoms with Crippen LogP contribution in [0.2, 0.25) is 0 Å². The van der Waals surface area contributed by atoms with Gasteiger partial charge in [-0.1, -0.05) is 11.6 Å². The van der Waals surface area contributed by atoms with Gasteiger partial charge in [-0.25, -0.2) is 9.97 Å². The Balaban J connectivity index is 1.81. The zero-order chi connectivity index (χ0) is 17.1. The minimum atomic E-state index is -0.00759. The number of aryl methyl sites for hydroxylation is 3. The molecule has 24 heavy (non-hydrogen) atoms. The molecular formula is C18H23N5O. The van der Waals surface area contributed by atoms with E-state index >= 15 is 0 Å². The molecule has 0 bridgehead atoms. The van der Waals surface area contributed by atoms with E-state index in [-0.39, 0.29) is 5.91 Å². The van der Waals surface area contributed by atoms with E-state index in [1.807, 2.05) is 32.9 Å². The molecule has 2 aromatic rings. The topological polar surface area (TPSA) is 72.7 Å². The average molecular weight is 325 g/mol. The van der Waals surface area contributed by atoms with Gasteiger partial charge >= 0.3 is 0 Å². The minimum Gasteiger partial charge on any atom is -0.310 e. The standard InChI is InChI=1S/C18H23N5O/c1-12-9-16(20-14(3)19-12)23-17(10-13(2)22-23)21-18(24)11-15-7-5-4-6-8-15/h7,9-10H,4-6,8,11H2,1-3H3,(H,21,24). The molecule has 0 atom stereocenters. The van der Waals surface area contributed by atoms with Crippen LogP contribution < -0.4 is 5.32 Å². The number of hydrogen-bond acceptors (Lipinski definition) is 4. The SMILES string of the molecule is Cc1cc(-n2nc(C)cc2NC(=O)CC2=CCCCC2)nc(C)n1. The van der Waals surface area contributed by atoms with Crippen LogP contribution in [0.4, 0.5) is 5.82 Å². The third-order valence-electron chi connectivity index (χ3n) is 4.04. The van der Waals surface area contributed by atoms with Crippen molar-refractivity contribution in [3.8, 4) is 5.82 Å². The van der Waals surface area contributed by atoms with Gasteiger partial charge in [0.05, 0.1) is 5.69 Å². The average Bonchev–Trinajstić information content (AvgIpc) is 2.87. The van der Waals surface area contributed by atoms with E-state index in [9.17, 15) is 4.79 Å². The number of rotatable bonds is 4. The lowest BCUT2D eigenvalue weighted by molar-refractivity contribution is -0.115. The van der Waals surface area contributed by atoms with E-state index < -0.39 is 0 Å². The molecule has 0 aliphatic heterocycles. The van der Waals surface area contributed by atoms with Crippen LogP contribution in [0.15, 0.2) is 23.8 Å². The summed E-state index contributed by atoms with van der Waals surface area (Å²) in [5.74, 6) is 1.99. The van der Waals surface area contributed by atoms with E-state index in [1.165, 1.54) is 18.4 Å². The maximum Gasteiger partial charge on any atom is 0.229 e. The van der Waals surface area contributed by atoms with Gasteiger partial charge in [0.15, 0.2) is 5.82 Å². The molecule has 6 nitrogen and oxygen atoms in total. The third-order valence-corrected chi connectivity index (χ3v) is 4.04. The van der Waals surface area contributed by atoms with Crippen molar-refractivity contribution in [2.24, 2.45) is 0 Å². The molecule has 1 N–H and O–H groups in total. The van der Waals surface area contributed by atoms with Gasteiger partial charge in [-0.2, -0.15) is 9.78 Å². The summed E-state index contributed by atoms with van der Waals surface area (Å²) >= 11 is 0. The molecule has 0 saturated heterocycles. The Morgan fingerprint density at radius 1 is 1.17 bits per heavy atom. The minimum absolute atomic E-state index is 0.00759. The van der Waals surface area contributed by atoms with E-state index in [2.05, 4.69) is 26.5 Å². The smallest absolute Gasteiger partial charge is 0.229 e. The third kappa shape index (κ3) is 3.88. The van der Waals surface area contributed by atoms with Gasteiger partial charge < -0.3 is 5.32 Å².